The third-order valence-electron chi connectivity index (χ3n) is 3.44. The Morgan fingerprint density at radius 3 is 2.44 bits per heavy atom. The zero-order chi connectivity index (χ0) is 13.4. The fraction of sp³-hybridized carbons (Fsp3) is 1.00. The number of likely N-dealkylation sites (N-methyl/N-ethyl adjacent to an activating group) is 1. The van der Waals surface area contributed by atoms with Crippen LogP contribution < -0.4 is 10.0 Å². The molecule has 1 aliphatic heterocycles. The third kappa shape index (κ3) is 5.22. The topological polar surface area (TPSA) is 61.4 Å². The van der Waals surface area contributed by atoms with E-state index in [1.807, 2.05) is 0 Å². The van der Waals surface area contributed by atoms with Crippen molar-refractivity contribution in [2.45, 2.75) is 38.4 Å². The van der Waals surface area contributed by atoms with Gasteiger partial charge in [-0.05, 0) is 45.4 Å². The summed E-state index contributed by atoms with van der Waals surface area (Å²) in [6.07, 6.45) is 2.55. The number of sulfonamides is 1. The second kappa shape index (κ2) is 8.09. The van der Waals surface area contributed by atoms with Gasteiger partial charge in [0.05, 0.1) is 5.25 Å². The van der Waals surface area contributed by atoms with E-state index in [0.717, 1.165) is 52.0 Å². The largest absolute Gasteiger partial charge is 0.317 e. The molecule has 0 aromatic heterocycles. The number of nitrogens with zero attached hydrogens (tertiary/aromatic N) is 1. The van der Waals surface area contributed by atoms with Gasteiger partial charge in [-0.2, -0.15) is 0 Å². The highest BCUT2D eigenvalue weighted by atomic mass is 32.2. The van der Waals surface area contributed by atoms with Crippen molar-refractivity contribution in [2.75, 3.05) is 39.3 Å². The number of hydrogen-bond acceptors (Lipinski definition) is 4. The summed E-state index contributed by atoms with van der Waals surface area (Å²) in [6.45, 7) is 9.20. The van der Waals surface area contributed by atoms with E-state index in [1.54, 1.807) is 0 Å². The van der Waals surface area contributed by atoms with Crippen LogP contribution in [0, 0.1) is 0 Å². The van der Waals surface area contributed by atoms with Crippen molar-refractivity contribution in [3.63, 3.8) is 0 Å². The molecule has 6 heteroatoms. The minimum absolute atomic E-state index is 0.208. The Morgan fingerprint density at radius 1 is 1.22 bits per heavy atom. The summed E-state index contributed by atoms with van der Waals surface area (Å²) in [7, 11) is -3.12. The average Bonchev–Trinajstić information content (AvgIpc) is 2.38. The van der Waals surface area contributed by atoms with Crippen LogP contribution in [0.25, 0.3) is 0 Å². The Balaban J connectivity index is 2.32. The lowest BCUT2D eigenvalue weighted by Crippen LogP contribution is -2.43. The van der Waals surface area contributed by atoms with Crippen LogP contribution >= 0.6 is 0 Å². The quantitative estimate of drug-likeness (QED) is 0.674. The van der Waals surface area contributed by atoms with Gasteiger partial charge in [0.2, 0.25) is 10.0 Å². The van der Waals surface area contributed by atoms with Crippen LogP contribution in [0.2, 0.25) is 0 Å². The van der Waals surface area contributed by atoms with Crippen molar-refractivity contribution in [1.29, 1.82) is 0 Å². The van der Waals surface area contributed by atoms with Crippen molar-refractivity contribution in [3.8, 4) is 0 Å². The summed E-state index contributed by atoms with van der Waals surface area (Å²) >= 11 is 0. The number of piperidine rings is 1. The summed E-state index contributed by atoms with van der Waals surface area (Å²) < 4.78 is 26.9. The molecule has 0 aromatic rings. The first kappa shape index (κ1) is 15.9. The molecule has 0 bridgehead atoms. The zero-order valence-electron chi connectivity index (χ0n) is 11.6. The maximum Gasteiger partial charge on any atom is 0.214 e. The van der Waals surface area contributed by atoms with Gasteiger partial charge >= 0.3 is 0 Å². The van der Waals surface area contributed by atoms with Crippen molar-refractivity contribution < 1.29 is 8.42 Å². The standard InChI is InChI=1S/C12H27N3O2S/c1-3-10-15(4-2)11-9-14-18(16,17)12-5-7-13-8-6-12/h12-14H,3-11H2,1-2H3. The van der Waals surface area contributed by atoms with E-state index < -0.39 is 10.0 Å². The third-order valence-corrected chi connectivity index (χ3v) is 5.40. The van der Waals surface area contributed by atoms with Gasteiger partial charge in [0, 0.05) is 13.1 Å². The molecule has 1 aliphatic rings. The molecule has 1 heterocycles. The molecule has 1 rings (SSSR count). The maximum atomic E-state index is 12.1. The maximum absolute atomic E-state index is 12.1. The van der Waals surface area contributed by atoms with E-state index >= 15 is 0 Å². The SMILES string of the molecule is CCCN(CC)CCNS(=O)(=O)C1CCNCC1. The summed E-state index contributed by atoms with van der Waals surface area (Å²) in [5.74, 6) is 0. The molecular weight excluding hydrogens is 250 g/mol. The average molecular weight is 277 g/mol. The van der Waals surface area contributed by atoms with E-state index in [2.05, 4.69) is 28.8 Å². The first-order valence-corrected chi connectivity index (χ1v) is 8.56. The van der Waals surface area contributed by atoms with Crippen LogP contribution in [0.15, 0.2) is 0 Å². The molecule has 1 saturated heterocycles. The second-order valence-electron chi connectivity index (χ2n) is 4.82. The van der Waals surface area contributed by atoms with Gasteiger partial charge in [-0.3, -0.25) is 0 Å². The lowest BCUT2D eigenvalue weighted by atomic mass is 10.2. The summed E-state index contributed by atoms with van der Waals surface area (Å²) in [6, 6.07) is 0. The smallest absolute Gasteiger partial charge is 0.214 e. The number of nitrogens with one attached hydrogen (secondary N) is 2. The Bertz CT molecular complexity index is 313. The van der Waals surface area contributed by atoms with Crippen LogP contribution in [0.3, 0.4) is 0 Å². The molecule has 108 valence electrons. The predicted octanol–water partition coefficient (Wildman–Crippen LogP) is 0.390. The highest BCUT2D eigenvalue weighted by Crippen LogP contribution is 2.11. The minimum Gasteiger partial charge on any atom is -0.317 e. The summed E-state index contributed by atoms with van der Waals surface area (Å²) in [5, 5.41) is 2.98. The monoisotopic (exact) mass is 277 g/mol. The molecule has 5 nitrogen and oxygen atoms in total. The van der Waals surface area contributed by atoms with E-state index in [4.69, 9.17) is 0 Å². The lowest BCUT2D eigenvalue weighted by Gasteiger charge is -2.24. The molecule has 0 amide bonds. The molecular formula is C12H27N3O2S. The molecule has 0 unspecified atom stereocenters. The highest BCUT2D eigenvalue weighted by Gasteiger charge is 2.26. The van der Waals surface area contributed by atoms with E-state index in [-0.39, 0.29) is 5.25 Å². The lowest BCUT2D eigenvalue weighted by molar-refractivity contribution is 0.293. The van der Waals surface area contributed by atoms with Gasteiger partial charge < -0.3 is 10.2 Å². The van der Waals surface area contributed by atoms with Gasteiger partial charge in [0.25, 0.3) is 0 Å². The fourth-order valence-corrected chi connectivity index (χ4v) is 3.78. The molecule has 0 spiro atoms. The van der Waals surface area contributed by atoms with E-state index in [9.17, 15) is 8.42 Å². The molecule has 0 aliphatic carbocycles. The van der Waals surface area contributed by atoms with E-state index in [0.29, 0.717) is 6.54 Å². The zero-order valence-corrected chi connectivity index (χ0v) is 12.4. The van der Waals surface area contributed by atoms with E-state index in [1.165, 1.54) is 0 Å². The normalized spacial score (nSPS) is 18.4. The highest BCUT2D eigenvalue weighted by molar-refractivity contribution is 7.90. The minimum atomic E-state index is -3.12. The van der Waals surface area contributed by atoms with Gasteiger partial charge in [-0.15, -0.1) is 0 Å². The first-order valence-electron chi connectivity index (χ1n) is 7.01. The Morgan fingerprint density at radius 2 is 1.89 bits per heavy atom. The first-order chi connectivity index (χ1) is 8.60. The molecule has 0 aromatic carbocycles. The molecule has 2 N–H and O–H groups in total. The molecule has 0 saturated carbocycles. The Hall–Kier alpha value is -0.170. The fourth-order valence-electron chi connectivity index (χ4n) is 2.31. The van der Waals surface area contributed by atoms with Crippen molar-refractivity contribution in [3.05, 3.63) is 0 Å². The van der Waals surface area contributed by atoms with Crippen molar-refractivity contribution >= 4 is 10.0 Å². The molecule has 0 atom stereocenters. The van der Waals surface area contributed by atoms with Crippen molar-refractivity contribution in [1.82, 2.24) is 14.9 Å². The molecule has 0 radical (unpaired) electrons. The molecule has 1 fully saturated rings. The van der Waals surface area contributed by atoms with Gasteiger partial charge in [0.1, 0.15) is 0 Å². The van der Waals surface area contributed by atoms with Crippen LogP contribution in [-0.2, 0) is 10.0 Å². The van der Waals surface area contributed by atoms with Crippen LogP contribution in [0.5, 0.6) is 0 Å². The van der Waals surface area contributed by atoms with Crippen LogP contribution in [0.4, 0.5) is 0 Å². The van der Waals surface area contributed by atoms with Crippen LogP contribution in [-0.4, -0.2) is 57.8 Å². The van der Waals surface area contributed by atoms with Crippen LogP contribution in [0.1, 0.15) is 33.1 Å². The molecule has 18 heavy (non-hydrogen) atoms. The predicted molar refractivity (Wildman–Crippen MR) is 75.2 cm³/mol. The summed E-state index contributed by atoms with van der Waals surface area (Å²) in [5.41, 5.74) is 0. The number of rotatable bonds is 8. The van der Waals surface area contributed by atoms with Gasteiger partial charge in [-0.25, -0.2) is 13.1 Å². The van der Waals surface area contributed by atoms with Crippen molar-refractivity contribution in [2.24, 2.45) is 0 Å². The number of hydrogen-bond donors (Lipinski definition) is 2. The Labute approximate surface area is 111 Å². The van der Waals surface area contributed by atoms with Gasteiger partial charge in [0.15, 0.2) is 0 Å². The summed E-state index contributed by atoms with van der Waals surface area (Å²) in [4.78, 5) is 2.27. The second-order valence-corrected chi connectivity index (χ2v) is 6.87. The Kier molecular flexibility index (Phi) is 7.14. The van der Waals surface area contributed by atoms with Gasteiger partial charge in [-0.1, -0.05) is 13.8 Å².